The van der Waals surface area contributed by atoms with Crippen LogP contribution in [0.15, 0.2) is 15.9 Å². The normalized spacial score (nSPS) is 16.4. The molecule has 0 aliphatic carbocycles. The summed E-state index contributed by atoms with van der Waals surface area (Å²) in [6.45, 7) is 4.17. The monoisotopic (exact) mass is 233 g/mol. The van der Waals surface area contributed by atoms with Crippen LogP contribution in [0, 0.1) is 0 Å². The Balaban J connectivity index is 2.92. The van der Waals surface area contributed by atoms with E-state index in [1.54, 1.807) is 11.3 Å². The average molecular weight is 234 g/mol. The third-order valence-electron chi connectivity index (χ3n) is 1.87. The van der Waals surface area contributed by atoms with Crippen molar-refractivity contribution < 1.29 is 0 Å². The molecule has 0 aromatic carbocycles. The van der Waals surface area contributed by atoms with Crippen molar-refractivity contribution in [3.63, 3.8) is 0 Å². The lowest BCUT2D eigenvalue weighted by Gasteiger charge is -2.20. The standard InChI is InChI=1S/C8H12BrNS/c1-3-8(2,10)6-4-5-7(9)11-6/h4-5H,3,10H2,1-2H3. The van der Waals surface area contributed by atoms with Crippen LogP contribution in [0.2, 0.25) is 0 Å². The van der Waals surface area contributed by atoms with Crippen LogP contribution in [0.25, 0.3) is 0 Å². The Morgan fingerprint density at radius 3 is 2.64 bits per heavy atom. The lowest BCUT2D eigenvalue weighted by molar-refractivity contribution is 0.486. The molecule has 2 N–H and O–H groups in total. The molecule has 3 heteroatoms. The fourth-order valence-corrected chi connectivity index (χ4v) is 2.31. The Hall–Kier alpha value is 0.140. The van der Waals surface area contributed by atoms with Crippen molar-refractivity contribution in [1.29, 1.82) is 0 Å². The fourth-order valence-electron chi connectivity index (χ4n) is 0.795. The van der Waals surface area contributed by atoms with Gasteiger partial charge in [0.05, 0.1) is 3.79 Å². The highest BCUT2D eigenvalue weighted by Crippen LogP contribution is 2.31. The van der Waals surface area contributed by atoms with E-state index in [9.17, 15) is 0 Å². The smallest absolute Gasteiger partial charge is 0.0702 e. The Labute approximate surface area is 79.7 Å². The molecule has 1 rings (SSSR count). The SMILES string of the molecule is CCC(C)(N)c1ccc(Br)s1. The molecule has 0 saturated heterocycles. The van der Waals surface area contributed by atoms with E-state index in [4.69, 9.17) is 5.73 Å². The second kappa shape index (κ2) is 3.25. The summed E-state index contributed by atoms with van der Waals surface area (Å²) >= 11 is 5.13. The van der Waals surface area contributed by atoms with Gasteiger partial charge < -0.3 is 5.73 Å². The predicted molar refractivity (Wildman–Crippen MR) is 53.8 cm³/mol. The molecule has 62 valence electrons. The topological polar surface area (TPSA) is 26.0 Å². The Kier molecular flexibility index (Phi) is 2.73. The molecule has 1 atom stereocenters. The van der Waals surface area contributed by atoms with Crippen LogP contribution in [0.1, 0.15) is 25.1 Å². The summed E-state index contributed by atoms with van der Waals surface area (Å²) in [5.41, 5.74) is 5.88. The molecule has 1 nitrogen and oxygen atoms in total. The highest BCUT2D eigenvalue weighted by Gasteiger charge is 2.19. The van der Waals surface area contributed by atoms with Gasteiger partial charge in [-0.25, -0.2) is 0 Å². The maximum absolute atomic E-state index is 6.04. The van der Waals surface area contributed by atoms with Crippen LogP contribution in [-0.4, -0.2) is 0 Å². The Bertz CT molecular complexity index is 242. The van der Waals surface area contributed by atoms with Crippen molar-refractivity contribution >= 4 is 27.3 Å². The van der Waals surface area contributed by atoms with Gasteiger partial charge in [-0.2, -0.15) is 0 Å². The van der Waals surface area contributed by atoms with Crippen LogP contribution >= 0.6 is 27.3 Å². The van der Waals surface area contributed by atoms with E-state index in [2.05, 4.69) is 35.8 Å². The summed E-state index contributed by atoms with van der Waals surface area (Å²) in [6.07, 6.45) is 0.972. The number of nitrogens with two attached hydrogens (primary N) is 1. The Morgan fingerprint density at radius 1 is 1.64 bits per heavy atom. The van der Waals surface area contributed by atoms with Gasteiger partial charge >= 0.3 is 0 Å². The number of thiophene rings is 1. The summed E-state index contributed by atoms with van der Waals surface area (Å²) in [6, 6.07) is 4.12. The first-order chi connectivity index (χ1) is 5.06. The van der Waals surface area contributed by atoms with Gasteiger partial charge in [0.2, 0.25) is 0 Å². The van der Waals surface area contributed by atoms with Crippen LogP contribution in [-0.2, 0) is 5.54 Å². The van der Waals surface area contributed by atoms with E-state index in [0.29, 0.717) is 0 Å². The molecule has 0 bridgehead atoms. The second-order valence-electron chi connectivity index (χ2n) is 2.87. The minimum absolute atomic E-state index is 0.156. The molecule has 1 unspecified atom stereocenters. The van der Waals surface area contributed by atoms with Gasteiger partial charge in [-0.1, -0.05) is 6.92 Å². The van der Waals surface area contributed by atoms with E-state index in [-0.39, 0.29) is 5.54 Å². The van der Waals surface area contributed by atoms with E-state index in [1.165, 1.54) is 4.88 Å². The molecule has 0 saturated carbocycles. The van der Waals surface area contributed by atoms with Gasteiger partial charge in [0, 0.05) is 10.4 Å². The van der Waals surface area contributed by atoms with Crippen LogP contribution < -0.4 is 5.73 Å². The van der Waals surface area contributed by atoms with Gasteiger partial charge in [-0.3, -0.25) is 0 Å². The summed E-state index contributed by atoms with van der Waals surface area (Å²) in [4.78, 5) is 1.24. The number of rotatable bonds is 2. The van der Waals surface area contributed by atoms with Crippen molar-refractivity contribution in [2.75, 3.05) is 0 Å². The molecule has 1 aromatic rings. The fraction of sp³-hybridized carbons (Fsp3) is 0.500. The van der Waals surface area contributed by atoms with Crippen LogP contribution in [0.3, 0.4) is 0 Å². The lowest BCUT2D eigenvalue weighted by atomic mass is 9.99. The Morgan fingerprint density at radius 2 is 2.27 bits per heavy atom. The summed E-state index contributed by atoms with van der Waals surface area (Å²) < 4.78 is 1.15. The molecular formula is C8H12BrNS. The van der Waals surface area contributed by atoms with Crippen LogP contribution in [0.4, 0.5) is 0 Å². The molecule has 0 fully saturated rings. The highest BCUT2D eigenvalue weighted by molar-refractivity contribution is 9.11. The molecule has 0 aliphatic rings. The van der Waals surface area contributed by atoms with Crippen LogP contribution in [0.5, 0.6) is 0 Å². The second-order valence-corrected chi connectivity index (χ2v) is 5.34. The predicted octanol–water partition coefficient (Wildman–Crippen LogP) is 3.09. The summed E-state index contributed by atoms with van der Waals surface area (Å²) in [7, 11) is 0. The zero-order valence-corrected chi connectivity index (χ0v) is 9.13. The van der Waals surface area contributed by atoms with Gasteiger partial charge in [-0.15, -0.1) is 11.3 Å². The number of hydrogen-bond donors (Lipinski definition) is 1. The van der Waals surface area contributed by atoms with Crippen molar-refractivity contribution in [2.45, 2.75) is 25.8 Å². The van der Waals surface area contributed by atoms with Crippen molar-refractivity contribution in [1.82, 2.24) is 0 Å². The maximum Gasteiger partial charge on any atom is 0.0702 e. The molecule has 11 heavy (non-hydrogen) atoms. The van der Waals surface area contributed by atoms with Gasteiger partial charge in [0.1, 0.15) is 0 Å². The molecule has 0 aliphatic heterocycles. The zero-order valence-electron chi connectivity index (χ0n) is 6.73. The van der Waals surface area contributed by atoms with E-state index in [0.717, 1.165) is 10.2 Å². The third-order valence-corrected chi connectivity index (χ3v) is 3.77. The first-order valence-electron chi connectivity index (χ1n) is 3.61. The van der Waals surface area contributed by atoms with E-state index >= 15 is 0 Å². The van der Waals surface area contributed by atoms with Gasteiger partial charge in [-0.05, 0) is 41.4 Å². The number of halogens is 1. The van der Waals surface area contributed by atoms with Crippen molar-refractivity contribution in [3.8, 4) is 0 Å². The van der Waals surface area contributed by atoms with Crippen molar-refractivity contribution in [3.05, 3.63) is 20.8 Å². The maximum atomic E-state index is 6.04. The minimum Gasteiger partial charge on any atom is -0.321 e. The third kappa shape index (κ3) is 2.04. The van der Waals surface area contributed by atoms with Crippen molar-refractivity contribution in [2.24, 2.45) is 5.73 Å². The summed E-state index contributed by atoms with van der Waals surface area (Å²) in [5, 5.41) is 0. The van der Waals surface area contributed by atoms with Gasteiger partial charge in [0.15, 0.2) is 0 Å². The molecule has 1 heterocycles. The molecule has 0 radical (unpaired) electrons. The number of hydrogen-bond acceptors (Lipinski definition) is 2. The first kappa shape index (κ1) is 9.23. The minimum atomic E-state index is -0.156. The highest BCUT2D eigenvalue weighted by atomic mass is 79.9. The largest absolute Gasteiger partial charge is 0.321 e. The summed E-state index contributed by atoms with van der Waals surface area (Å²) in [5.74, 6) is 0. The first-order valence-corrected chi connectivity index (χ1v) is 5.22. The average Bonchev–Trinajstić information content (AvgIpc) is 2.36. The lowest BCUT2D eigenvalue weighted by Crippen LogP contribution is -2.30. The molecule has 0 spiro atoms. The van der Waals surface area contributed by atoms with Gasteiger partial charge in [0.25, 0.3) is 0 Å². The molecule has 0 amide bonds. The quantitative estimate of drug-likeness (QED) is 0.835. The molecular weight excluding hydrogens is 222 g/mol. The van der Waals surface area contributed by atoms with E-state index in [1.807, 2.05) is 6.07 Å². The van der Waals surface area contributed by atoms with E-state index < -0.39 is 0 Å². The molecule has 1 aromatic heterocycles. The zero-order chi connectivity index (χ0) is 8.48.